The maximum atomic E-state index is 10.2. The van der Waals surface area contributed by atoms with Gasteiger partial charge in [0.2, 0.25) is 5.16 Å². The van der Waals surface area contributed by atoms with Crippen molar-refractivity contribution in [3.8, 4) is 5.75 Å². The van der Waals surface area contributed by atoms with Gasteiger partial charge in [-0.05, 0) is 18.1 Å². The minimum absolute atomic E-state index is 0.0909. The quantitative estimate of drug-likeness (QED) is 0.434. The van der Waals surface area contributed by atoms with Crippen molar-refractivity contribution >= 4 is 24.6 Å². The molecule has 1 atom stereocenters. The highest BCUT2D eigenvalue weighted by atomic mass is 32.2. The number of nitrogens with two attached hydrogens (primary N) is 1. The maximum absolute atomic E-state index is 10.2. The highest BCUT2D eigenvalue weighted by Gasteiger charge is 2.37. The zero-order valence-electron chi connectivity index (χ0n) is 11.0. The van der Waals surface area contributed by atoms with Crippen LogP contribution in [0.5, 0.6) is 5.75 Å². The van der Waals surface area contributed by atoms with E-state index in [-0.39, 0.29) is 10.9 Å². The van der Waals surface area contributed by atoms with Crippen LogP contribution in [0.2, 0.25) is 0 Å². The second kappa shape index (κ2) is 5.34. The molecule has 3 rings (SSSR count). The first-order valence-corrected chi connectivity index (χ1v) is 7.11. The average molecular weight is 304 g/mol. The monoisotopic (exact) mass is 304 g/mol. The second-order valence-corrected chi connectivity index (χ2v) is 5.84. The van der Waals surface area contributed by atoms with E-state index in [1.807, 2.05) is 12.1 Å². The summed E-state index contributed by atoms with van der Waals surface area (Å²) in [5, 5.41) is 27.5. The van der Waals surface area contributed by atoms with Crippen LogP contribution in [-0.4, -0.2) is 37.3 Å². The molecule has 0 spiro atoms. The van der Waals surface area contributed by atoms with Gasteiger partial charge in [0.1, 0.15) is 17.8 Å². The van der Waals surface area contributed by atoms with E-state index in [2.05, 4.69) is 16.8 Å². The molecule has 0 aliphatic carbocycles. The van der Waals surface area contributed by atoms with Crippen molar-refractivity contribution in [1.29, 1.82) is 0 Å². The minimum atomic E-state index is -1.04. The Morgan fingerprint density at radius 2 is 2.38 bits per heavy atom. The Labute approximate surface area is 125 Å². The lowest BCUT2D eigenvalue weighted by atomic mass is 9.77. The van der Waals surface area contributed by atoms with Gasteiger partial charge in [0, 0.05) is 0 Å². The molecule has 0 fully saturated rings. The van der Waals surface area contributed by atoms with Gasteiger partial charge in [-0.3, -0.25) is 0 Å². The molecular weight excluding hydrogens is 291 g/mol. The molecular formula is C12H13BN4O3S. The van der Waals surface area contributed by atoms with Gasteiger partial charge in [0.15, 0.2) is 0 Å². The fourth-order valence-corrected chi connectivity index (χ4v) is 3.15. The van der Waals surface area contributed by atoms with Crippen LogP contribution in [0.4, 0.5) is 0 Å². The number of nitrogens with zero attached hydrogens (tertiary/aromatic N) is 3. The molecule has 1 aromatic heterocycles. The average Bonchev–Trinajstić information content (AvgIpc) is 2.84. The molecule has 9 heteroatoms. The van der Waals surface area contributed by atoms with Gasteiger partial charge >= 0.3 is 7.12 Å². The molecule has 7 nitrogen and oxygen atoms in total. The number of thioether (sulfide) groups is 1. The first-order valence-electron chi connectivity index (χ1n) is 6.23. The standard InChI is InChI=1S/C12H13BN4O3S/c1-7(18)9-4-2-3-8-5-10(13(19)20-11(8)9)21-12-16-15-6-17(12)14/h2-4,6,10,18-19H,1,5,14H2/t10-/m0/s1. The summed E-state index contributed by atoms with van der Waals surface area (Å²) in [5.74, 6) is 6.04. The summed E-state index contributed by atoms with van der Waals surface area (Å²) >= 11 is 1.29. The summed E-state index contributed by atoms with van der Waals surface area (Å²) in [6, 6.07) is 5.38. The molecule has 4 N–H and O–H groups in total. The van der Waals surface area contributed by atoms with Crippen LogP contribution in [0, 0.1) is 0 Å². The lowest BCUT2D eigenvalue weighted by Gasteiger charge is -2.28. The van der Waals surface area contributed by atoms with Gasteiger partial charge in [-0.15, -0.1) is 10.2 Å². The minimum Gasteiger partial charge on any atom is -0.535 e. The van der Waals surface area contributed by atoms with Gasteiger partial charge in [-0.25, -0.2) is 4.68 Å². The van der Waals surface area contributed by atoms with Gasteiger partial charge in [-0.1, -0.05) is 30.5 Å². The molecule has 108 valence electrons. The Morgan fingerprint density at radius 3 is 3.05 bits per heavy atom. The summed E-state index contributed by atoms with van der Waals surface area (Å²) in [4.78, 5) is 0. The molecule has 1 aliphatic rings. The van der Waals surface area contributed by atoms with Gasteiger partial charge in [-0.2, -0.15) is 0 Å². The number of para-hydroxylation sites is 1. The number of hydrogen-bond donors (Lipinski definition) is 3. The van der Waals surface area contributed by atoms with Crippen LogP contribution in [0.25, 0.3) is 5.76 Å². The summed E-state index contributed by atoms with van der Waals surface area (Å²) in [5.41, 5.74) is 1.37. The lowest BCUT2D eigenvalue weighted by molar-refractivity contribution is 0.392. The van der Waals surface area contributed by atoms with Crippen molar-refractivity contribution in [2.45, 2.75) is 16.7 Å². The predicted octanol–water partition coefficient (Wildman–Crippen LogP) is 0.636. The summed E-state index contributed by atoms with van der Waals surface area (Å²) in [6.07, 6.45) is 1.94. The Balaban J connectivity index is 1.87. The van der Waals surface area contributed by atoms with Crippen LogP contribution in [0.15, 0.2) is 36.3 Å². The molecule has 0 amide bonds. The van der Waals surface area contributed by atoms with Crippen molar-refractivity contribution in [3.63, 3.8) is 0 Å². The van der Waals surface area contributed by atoms with Gasteiger partial charge < -0.3 is 20.6 Å². The molecule has 1 aliphatic heterocycles. The molecule has 21 heavy (non-hydrogen) atoms. The van der Waals surface area contributed by atoms with E-state index in [4.69, 9.17) is 10.5 Å². The van der Waals surface area contributed by atoms with E-state index >= 15 is 0 Å². The molecule has 0 radical (unpaired) electrons. The number of hydrogen-bond acceptors (Lipinski definition) is 7. The highest BCUT2D eigenvalue weighted by molar-refractivity contribution is 8.01. The summed E-state index contributed by atoms with van der Waals surface area (Å²) < 4.78 is 6.83. The number of fused-ring (bicyclic) bond motifs is 1. The smallest absolute Gasteiger partial charge is 0.535 e. The van der Waals surface area contributed by atoms with Crippen molar-refractivity contribution in [3.05, 3.63) is 42.2 Å². The topological polar surface area (TPSA) is 106 Å². The Bertz CT molecular complexity index is 693. The van der Waals surface area contributed by atoms with Crippen LogP contribution >= 0.6 is 11.8 Å². The van der Waals surface area contributed by atoms with E-state index in [0.717, 1.165) is 5.56 Å². The zero-order valence-corrected chi connectivity index (χ0v) is 11.8. The summed E-state index contributed by atoms with van der Waals surface area (Å²) in [7, 11) is -1.04. The van der Waals surface area contributed by atoms with Crippen LogP contribution in [0.1, 0.15) is 11.1 Å². The van der Waals surface area contributed by atoms with E-state index in [1.54, 1.807) is 6.07 Å². The summed E-state index contributed by atoms with van der Waals surface area (Å²) in [6.45, 7) is 3.50. The predicted molar refractivity (Wildman–Crippen MR) is 80.2 cm³/mol. The number of nitrogen functional groups attached to an aromatic ring is 1. The number of aliphatic hydroxyl groups excluding tert-OH is 1. The third kappa shape index (κ3) is 2.57. The molecule has 0 saturated carbocycles. The Kier molecular flexibility index (Phi) is 3.52. The number of benzene rings is 1. The normalized spacial score (nSPS) is 17.2. The number of aliphatic hydroxyl groups is 1. The molecule has 2 heterocycles. The van der Waals surface area contributed by atoms with E-state index in [9.17, 15) is 10.1 Å². The molecule has 0 bridgehead atoms. The van der Waals surface area contributed by atoms with Crippen molar-refractivity contribution in [1.82, 2.24) is 14.9 Å². The van der Waals surface area contributed by atoms with Crippen LogP contribution in [0.3, 0.4) is 0 Å². The highest BCUT2D eigenvalue weighted by Crippen LogP contribution is 2.37. The lowest BCUT2D eigenvalue weighted by Crippen LogP contribution is -2.40. The van der Waals surface area contributed by atoms with E-state index in [0.29, 0.717) is 22.9 Å². The van der Waals surface area contributed by atoms with Crippen LogP contribution < -0.4 is 10.5 Å². The Morgan fingerprint density at radius 1 is 1.57 bits per heavy atom. The first-order chi connectivity index (χ1) is 10.1. The van der Waals surface area contributed by atoms with Crippen molar-refractivity contribution in [2.75, 3.05) is 5.84 Å². The first kappa shape index (κ1) is 13.8. The SMILES string of the molecule is C=C(O)c1cccc2c1OB(O)[C@@H](Sc1nncn1N)C2. The third-order valence-corrected chi connectivity index (χ3v) is 4.39. The third-order valence-electron chi connectivity index (χ3n) is 3.18. The molecule has 2 aromatic rings. The zero-order chi connectivity index (χ0) is 15.0. The largest absolute Gasteiger partial charge is 0.537 e. The van der Waals surface area contributed by atoms with E-state index in [1.165, 1.54) is 22.8 Å². The fraction of sp³-hybridized carbons (Fsp3) is 0.167. The van der Waals surface area contributed by atoms with E-state index < -0.39 is 7.12 Å². The van der Waals surface area contributed by atoms with Crippen LogP contribution in [-0.2, 0) is 6.42 Å². The second-order valence-electron chi connectivity index (χ2n) is 4.63. The Hall–Kier alpha value is -2.13. The molecule has 0 saturated heterocycles. The number of aromatic nitrogens is 3. The maximum Gasteiger partial charge on any atom is 0.537 e. The van der Waals surface area contributed by atoms with Crippen molar-refractivity contribution < 1.29 is 14.8 Å². The number of rotatable bonds is 3. The molecule has 1 aromatic carbocycles. The van der Waals surface area contributed by atoms with Gasteiger partial charge in [0.05, 0.1) is 10.7 Å². The van der Waals surface area contributed by atoms with Crippen molar-refractivity contribution in [2.24, 2.45) is 0 Å². The van der Waals surface area contributed by atoms with Gasteiger partial charge in [0.25, 0.3) is 0 Å². The molecule has 0 unspecified atom stereocenters. The fourth-order valence-electron chi connectivity index (χ4n) is 2.18.